The highest BCUT2D eigenvalue weighted by molar-refractivity contribution is 7.90. The maximum absolute atomic E-state index is 13.4. The van der Waals surface area contributed by atoms with Crippen LogP contribution in [0.15, 0.2) is 59.5 Å². The van der Waals surface area contributed by atoms with E-state index in [0.717, 1.165) is 37.7 Å². The fraction of sp³-hybridized carbons (Fsp3) is 0.423. The highest BCUT2D eigenvalue weighted by atomic mass is 32.2. The molecule has 1 aliphatic heterocycles. The third-order valence-electron chi connectivity index (χ3n) is 6.79. The van der Waals surface area contributed by atoms with Crippen LogP contribution in [-0.2, 0) is 26.0 Å². The molecule has 4 rings (SSSR count). The normalized spacial score (nSPS) is 18.1. The lowest BCUT2D eigenvalue weighted by molar-refractivity contribution is -0.140. The van der Waals surface area contributed by atoms with Gasteiger partial charge in [0.2, 0.25) is 11.8 Å². The van der Waals surface area contributed by atoms with Crippen LogP contribution in [0.3, 0.4) is 0 Å². The number of nitrogens with zero attached hydrogens (tertiary/aromatic N) is 2. The topological polar surface area (TPSA) is 104 Å². The van der Waals surface area contributed by atoms with Crippen molar-refractivity contribution in [2.24, 2.45) is 0 Å². The lowest BCUT2D eigenvalue weighted by Crippen LogP contribution is -2.53. The molecule has 2 aliphatic rings. The Morgan fingerprint density at radius 3 is 2.37 bits per heavy atom. The fourth-order valence-electron chi connectivity index (χ4n) is 4.74. The van der Waals surface area contributed by atoms with Crippen molar-refractivity contribution in [2.75, 3.05) is 13.1 Å². The number of rotatable bonds is 8. The molecule has 0 aromatic heterocycles. The van der Waals surface area contributed by atoms with Crippen molar-refractivity contribution < 1.29 is 22.8 Å². The summed E-state index contributed by atoms with van der Waals surface area (Å²) in [6, 6.07) is 14.7. The first-order chi connectivity index (χ1) is 16.8. The summed E-state index contributed by atoms with van der Waals surface area (Å²) in [6.45, 7) is 1.22. The minimum Gasteiger partial charge on any atom is -0.352 e. The zero-order valence-corrected chi connectivity index (χ0v) is 20.7. The van der Waals surface area contributed by atoms with Gasteiger partial charge >= 0.3 is 0 Å². The number of amides is 3. The van der Waals surface area contributed by atoms with E-state index in [1.54, 1.807) is 19.1 Å². The highest BCUT2D eigenvalue weighted by Gasteiger charge is 2.43. The Morgan fingerprint density at radius 1 is 1.03 bits per heavy atom. The lowest BCUT2D eigenvalue weighted by Gasteiger charge is -2.32. The molecule has 2 aromatic carbocycles. The first kappa shape index (κ1) is 24.9. The van der Waals surface area contributed by atoms with Gasteiger partial charge in [-0.05, 0) is 43.9 Å². The smallest absolute Gasteiger partial charge is 0.269 e. The van der Waals surface area contributed by atoms with Crippen LogP contribution in [0, 0.1) is 0 Å². The van der Waals surface area contributed by atoms with Crippen LogP contribution in [0.1, 0.15) is 54.9 Å². The van der Waals surface area contributed by atoms with Crippen molar-refractivity contribution in [2.45, 2.75) is 62.4 Å². The Hall–Kier alpha value is -3.20. The molecule has 9 heteroatoms. The molecule has 8 nitrogen and oxygen atoms in total. The van der Waals surface area contributed by atoms with Crippen LogP contribution >= 0.6 is 0 Å². The molecule has 0 radical (unpaired) electrons. The number of sulfonamides is 1. The third-order valence-corrected chi connectivity index (χ3v) is 8.58. The lowest BCUT2D eigenvalue weighted by atomic mass is 9.95. The maximum Gasteiger partial charge on any atom is 0.269 e. The molecule has 0 unspecified atom stereocenters. The zero-order valence-electron chi connectivity index (χ0n) is 19.9. The summed E-state index contributed by atoms with van der Waals surface area (Å²) in [5.74, 6) is -1.58. The van der Waals surface area contributed by atoms with Crippen LogP contribution in [0.2, 0.25) is 0 Å². The van der Waals surface area contributed by atoms with E-state index in [1.807, 2.05) is 30.3 Å². The van der Waals surface area contributed by atoms with E-state index < -0.39 is 34.4 Å². The number of carbonyl (C=O) groups is 3. The second-order valence-corrected chi connectivity index (χ2v) is 11.0. The van der Waals surface area contributed by atoms with Crippen molar-refractivity contribution in [1.82, 2.24) is 14.5 Å². The Balaban J connectivity index is 1.52. The Bertz CT molecular complexity index is 1190. The Morgan fingerprint density at radius 2 is 1.69 bits per heavy atom. The number of fused-ring (bicyclic) bond motifs is 1. The number of hydrogen-bond donors (Lipinski definition) is 1. The molecule has 1 fully saturated rings. The second-order valence-electron chi connectivity index (χ2n) is 9.16. The van der Waals surface area contributed by atoms with Crippen LogP contribution in [0.25, 0.3) is 0 Å². The van der Waals surface area contributed by atoms with Crippen molar-refractivity contribution in [3.05, 3.63) is 65.7 Å². The van der Waals surface area contributed by atoms with E-state index in [9.17, 15) is 22.8 Å². The van der Waals surface area contributed by atoms with Crippen LogP contribution in [0.5, 0.6) is 0 Å². The van der Waals surface area contributed by atoms with Crippen LogP contribution < -0.4 is 5.32 Å². The molecule has 1 heterocycles. The number of hydrogen-bond acceptors (Lipinski definition) is 5. The van der Waals surface area contributed by atoms with Crippen molar-refractivity contribution in [1.29, 1.82) is 0 Å². The Kier molecular flexibility index (Phi) is 7.54. The van der Waals surface area contributed by atoms with Gasteiger partial charge in [0.1, 0.15) is 17.5 Å². The summed E-state index contributed by atoms with van der Waals surface area (Å²) < 4.78 is 26.5. The second kappa shape index (κ2) is 10.6. The summed E-state index contributed by atoms with van der Waals surface area (Å²) in [6.07, 6.45) is 5.60. The predicted octanol–water partition coefficient (Wildman–Crippen LogP) is 2.74. The van der Waals surface area contributed by atoms with Gasteiger partial charge in [0.05, 0.1) is 5.56 Å². The molecule has 0 spiro atoms. The van der Waals surface area contributed by atoms with Gasteiger partial charge in [-0.15, -0.1) is 0 Å². The highest BCUT2D eigenvalue weighted by Crippen LogP contribution is 2.30. The van der Waals surface area contributed by atoms with E-state index in [2.05, 4.69) is 5.32 Å². The van der Waals surface area contributed by atoms with Crippen molar-refractivity contribution in [3.63, 3.8) is 0 Å². The number of nitrogens with one attached hydrogen (secondary N) is 1. The summed E-state index contributed by atoms with van der Waals surface area (Å²) in [7, 11) is -4.12. The van der Waals surface area contributed by atoms with Gasteiger partial charge in [0.25, 0.3) is 15.9 Å². The number of benzene rings is 2. The summed E-state index contributed by atoms with van der Waals surface area (Å²) in [5.41, 5.74) is 1.04. The molecule has 3 amide bonds. The van der Waals surface area contributed by atoms with Gasteiger partial charge in [-0.1, -0.05) is 61.7 Å². The minimum absolute atomic E-state index is 0.0548. The molecule has 1 saturated carbocycles. The quantitative estimate of drug-likeness (QED) is 0.604. The van der Waals surface area contributed by atoms with Gasteiger partial charge in [-0.2, -0.15) is 0 Å². The van der Waals surface area contributed by atoms with Crippen LogP contribution in [-0.4, -0.2) is 60.5 Å². The molecule has 2 aromatic rings. The summed E-state index contributed by atoms with van der Waals surface area (Å²) >= 11 is 0. The van der Waals surface area contributed by atoms with E-state index in [4.69, 9.17) is 0 Å². The van der Waals surface area contributed by atoms with Gasteiger partial charge in [0, 0.05) is 12.6 Å². The standard InChI is InChI=1S/C26H31N3O5S/c1-19(25(31)27-21-12-6-3-7-13-21)28(17-16-20-10-4-2-5-11-20)24(30)18-29-26(32)22-14-8-9-15-23(22)35(29,33)34/h2,4-5,8-11,14-15,19,21H,3,6-7,12-13,16-18H2,1H3,(H,27,31)/t19-/m1/s1. The summed E-state index contributed by atoms with van der Waals surface area (Å²) in [5, 5.41) is 3.05. The molecule has 1 N–H and O–H groups in total. The minimum atomic E-state index is -4.12. The first-order valence-corrected chi connectivity index (χ1v) is 13.5. The average molecular weight is 498 g/mol. The van der Waals surface area contributed by atoms with Crippen molar-refractivity contribution in [3.8, 4) is 0 Å². The fourth-order valence-corrected chi connectivity index (χ4v) is 6.26. The maximum atomic E-state index is 13.4. The molecular weight excluding hydrogens is 466 g/mol. The van der Waals surface area contributed by atoms with E-state index in [1.165, 1.54) is 17.0 Å². The molecule has 35 heavy (non-hydrogen) atoms. The molecule has 186 valence electrons. The SMILES string of the molecule is C[C@H](C(=O)NC1CCCCC1)N(CCc1ccccc1)C(=O)CN1C(=O)c2ccccc2S1(=O)=O. The predicted molar refractivity (Wildman–Crippen MR) is 131 cm³/mol. The van der Waals surface area contributed by atoms with E-state index in [0.29, 0.717) is 10.7 Å². The molecule has 1 aliphatic carbocycles. The van der Waals surface area contributed by atoms with E-state index >= 15 is 0 Å². The van der Waals surface area contributed by atoms with Gasteiger partial charge < -0.3 is 10.2 Å². The first-order valence-electron chi connectivity index (χ1n) is 12.1. The summed E-state index contributed by atoms with van der Waals surface area (Å²) in [4.78, 5) is 40.6. The third kappa shape index (κ3) is 5.40. The van der Waals surface area contributed by atoms with Gasteiger partial charge in [-0.3, -0.25) is 14.4 Å². The van der Waals surface area contributed by atoms with Gasteiger partial charge in [-0.25, -0.2) is 12.7 Å². The van der Waals surface area contributed by atoms with Gasteiger partial charge in [0.15, 0.2) is 0 Å². The van der Waals surface area contributed by atoms with Crippen LogP contribution in [0.4, 0.5) is 0 Å². The average Bonchev–Trinajstić information content (AvgIpc) is 3.06. The Labute approximate surface area is 206 Å². The number of carbonyl (C=O) groups excluding carboxylic acids is 3. The van der Waals surface area contributed by atoms with Crippen molar-refractivity contribution >= 4 is 27.7 Å². The van der Waals surface area contributed by atoms with E-state index in [-0.39, 0.29) is 29.0 Å². The molecule has 0 saturated heterocycles. The molecular formula is C26H31N3O5S. The molecule has 0 bridgehead atoms. The molecule has 1 atom stereocenters. The zero-order chi connectivity index (χ0) is 25.0. The largest absolute Gasteiger partial charge is 0.352 e. The monoisotopic (exact) mass is 497 g/mol.